The van der Waals surface area contributed by atoms with E-state index >= 15 is 0 Å². The number of nitrogens with zero attached hydrogens (tertiary/aromatic N) is 3. The molecule has 0 amide bonds. The zero-order chi connectivity index (χ0) is 13.8. The number of halogens is 1. The molecule has 1 atom stereocenters. The van der Waals surface area contributed by atoms with Gasteiger partial charge in [0.15, 0.2) is 0 Å². The zero-order valence-electron chi connectivity index (χ0n) is 10.7. The normalized spacial score (nSPS) is 11.7. The molecule has 0 aliphatic rings. The van der Waals surface area contributed by atoms with E-state index < -0.39 is 0 Å². The van der Waals surface area contributed by atoms with Crippen LogP contribution in [-0.2, 0) is 0 Å². The molecule has 0 spiro atoms. The van der Waals surface area contributed by atoms with Gasteiger partial charge in [-0.2, -0.15) is 5.26 Å². The van der Waals surface area contributed by atoms with Gasteiger partial charge in [-0.1, -0.05) is 23.7 Å². The molecule has 0 saturated carbocycles. The lowest BCUT2D eigenvalue weighted by atomic mass is 10.1. The number of nitriles is 1. The summed E-state index contributed by atoms with van der Waals surface area (Å²) < 4.78 is 0. The maximum atomic E-state index is 8.89. The van der Waals surface area contributed by atoms with Gasteiger partial charge in [-0.15, -0.1) is 0 Å². The summed E-state index contributed by atoms with van der Waals surface area (Å²) in [5.41, 5.74) is 2.20. The molecule has 1 heterocycles. The molecule has 0 bridgehead atoms. The second-order valence-corrected chi connectivity index (χ2v) is 4.68. The van der Waals surface area contributed by atoms with E-state index in [0.29, 0.717) is 16.7 Å². The first-order valence-corrected chi connectivity index (χ1v) is 6.24. The van der Waals surface area contributed by atoms with Crippen LogP contribution in [0.2, 0.25) is 5.02 Å². The molecule has 1 aromatic heterocycles. The van der Waals surface area contributed by atoms with Gasteiger partial charge in [0, 0.05) is 10.7 Å². The van der Waals surface area contributed by atoms with Crippen LogP contribution in [0.25, 0.3) is 0 Å². The summed E-state index contributed by atoms with van der Waals surface area (Å²) in [5.74, 6) is 0.457. The maximum Gasteiger partial charge on any atom is 0.224 e. The quantitative estimate of drug-likeness (QED) is 0.929. The molecule has 1 aromatic carbocycles. The van der Waals surface area contributed by atoms with E-state index in [9.17, 15) is 0 Å². The first-order chi connectivity index (χ1) is 9.08. The summed E-state index contributed by atoms with van der Waals surface area (Å²) in [6, 6.07) is 11.3. The SMILES string of the molecule is Cc1cc(C#N)nc(NC(C)c2ccc(Cl)cc2)n1. The van der Waals surface area contributed by atoms with Gasteiger partial charge in [0.05, 0.1) is 6.04 Å². The minimum atomic E-state index is 0.0330. The van der Waals surface area contributed by atoms with Crippen molar-refractivity contribution < 1.29 is 0 Å². The standard InChI is InChI=1S/C14H13ClN4/c1-9-7-13(8-16)19-14(17-9)18-10(2)11-3-5-12(15)6-4-11/h3-7,10H,1-2H3,(H,17,18,19). The average Bonchev–Trinajstić information content (AvgIpc) is 2.38. The van der Waals surface area contributed by atoms with Gasteiger partial charge in [0.25, 0.3) is 0 Å². The van der Waals surface area contributed by atoms with Gasteiger partial charge in [0.2, 0.25) is 5.95 Å². The molecule has 0 aliphatic heterocycles. The molecule has 5 heteroatoms. The predicted molar refractivity (Wildman–Crippen MR) is 75.0 cm³/mol. The Hall–Kier alpha value is -2.12. The Labute approximate surface area is 117 Å². The first kappa shape index (κ1) is 13.3. The number of hydrogen-bond donors (Lipinski definition) is 1. The van der Waals surface area contributed by atoms with Crippen LogP contribution in [0.3, 0.4) is 0 Å². The summed E-state index contributed by atoms with van der Waals surface area (Å²) in [5, 5.41) is 12.8. The van der Waals surface area contributed by atoms with Gasteiger partial charge >= 0.3 is 0 Å². The molecule has 0 aliphatic carbocycles. The third-order valence-corrected chi connectivity index (χ3v) is 2.94. The van der Waals surface area contributed by atoms with Crippen LogP contribution in [0.15, 0.2) is 30.3 Å². The maximum absolute atomic E-state index is 8.89. The lowest BCUT2D eigenvalue weighted by molar-refractivity contribution is 0.855. The van der Waals surface area contributed by atoms with Crippen molar-refractivity contribution in [1.82, 2.24) is 9.97 Å². The van der Waals surface area contributed by atoms with Crippen molar-refractivity contribution in [3.63, 3.8) is 0 Å². The fraction of sp³-hybridized carbons (Fsp3) is 0.214. The lowest BCUT2D eigenvalue weighted by Gasteiger charge is -2.14. The van der Waals surface area contributed by atoms with Crippen LogP contribution in [0.1, 0.15) is 29.9 Å². The Morgan fingerprint density at radius 3 is 2.58 bits per heavy atom. The van der Waals surface area contributed by atoms with Crippen LogP contribution in [0, 0.1) is 18.3 Å². The minimum absolute atomic E-state index is 0.0330. The van der Waals surface area contributed by atoms with Crippen molar-refractivity contribution in [2.75, 3.05) is 5.32 Å². The second kappa shape index (κ2) is 5.68. The van der Waals surface area contributed by atoms with E-state index in [4.69, 9.17) is 16.9 Å². The van der Waals surface area contributed by atoms with Gasteiger partial charge in [-0.25, -0.2) is 9.97 Å². The van der Waals surface area contributed by atoms with Crippen molar-refractivity contribution in [1.29, 1.82) is 5.26 Å². The molecule has 0 fully saturated rings. The third-order valence-electron chi connectivity index (χ3n) is 2.68. The average molecular weight is 273 g/mol. The van der Waals surface area contributed by atoms with E-state index in [2.05, 4.69) is 15.3 Å². The van der Waals surface area contributed by atoms with Crippen LogP contribution < -0.4 is 5.32 Å². The molecule has 19 heavy (non-hydrogen) atoms. The van der Waals surface area contributed by atoms with Crippen molar-refractivity contribution in [3.05, 3.63) is 52.3 Å². The smallest absolute Gasteiger partial charge is 0.224 e. The molecule has 0 radical (unpaired) electrons. The number of rotatable bonds is 3. The third kappa shape index (κ3) is 3.43. The monoisotopic (exact) mass is 272 g/mol. The highest BCUT2D eigenvalue weighted by atomic mass is 35.5. The van der Waals surface area contributed by atoms with Crippen molar-refractivity contribution in [2.24, 2.45) is 0 Å². The molecular weight excluding hydrogens is 260 g/mol. The van der Waals surface area contributed by atoms with E-state index in [0.717, 1.165) is 11.3 Å². The van der Waals surface area contributed by atoms with Crippen molar-refractivity contribution in [2.45, 2.75) is 19.9 Å². The molecule has 0 saturated heterocycles. The fourth-order valence-electron chi connectivity index (χ4n) is 1.72. The molecule has 2 aromatic rings. The van der Waals surface area contributed by atoms with Gasteiger partial charge in [0.1, 0.15) is 11.8 Å². The number of nitrogens with one attached hydrogen (secondary N) is 1. The Bertz CT molecular complexity index is 616. The molecule has 4 nitrogen and oxygen atoms in total. The Morgan fingerprint density at radius 2 is 1.95 bits per heavy atom. The second-order valence-electron chi connectivity index (χ2n) is 4.25. The van der Waals surface area contributed by atoms with Crippen molar-refractivity contribution >= 4 is 17.5 Å². The van der Waals surface area contributed by atoms with Crippen LogP contribution in [0.4, 0.5) is 5.95 Å². The summed E-state index contributed by atoms with van der Waals surface area (Å²) in [6.07, 6.45) is 0. The van der Waals surface area contributed by atoms with E-state index in [-0.39, 0.29) is 6.04 Å². The number of benzene rings is 1. The highest BCUT2D eigenvalue weighted by Crippen LogP contribution is 2.19. The van der Waals surface area contributed by atoms with Gasteiger partial charge in [-0.05, 0) is 37.6 Å². The number of anilines is 1. The highest BCUT2D eigenvalue weighted by molar-refractivity contribution is 6.30. The number of hydrogen-bond acceptors (Lipinski definition) is 4. The summed E-state index contributed by atoms with van der Waals surface area (Å²) in [7, 11) is 0. The largest absolute Gasteiger partial charge is 0.348 e. The Kier molecular flexibility index (Phi) is 3.98. The minimum Gasteiger partial charge on any atom is -0.348 e. The van der Waals surface area contributed by atoms with Crippen molar-refractivity contribution in [3.8, 4) is 6.07 Å². The predicted octanol–water partition coefficient (Wildman–Crippen LogP) is 3.48. The Morgan fingerprint density at radius 1 is 1.26 bits per heavy atom. The van der Waals surface area contributed by atoms with Crippen LogP contribution in [0.5, 0.6) is 0 Å². The summed E-state index contributed by atoms with van der Waals surface area (Å²) in [6.45, 7) is 3.83. The summed E-state index contributed by atoms with van der Waals surface area (Å²) in [4.78, 5) is 8.39. The van der Waals surface area contributed by atoms with Gasteiger partial charge in [-0.3, -0.25) is 0 Å². The van der Waals surface area contributed by atoms with Crippen LogP contribution in [-0.4, -0.2) is 9.97 Å². The lowest BCUT2D eigenvalue weighted by Crippen LogP contribution is -2.10. The van der Waals surface area contributed by atoms with E-state index in [1.807, 2.05) is 44.2 Å². The zero-order valence-corrected chi connectivity index (χ0v) is 11.4. The molecule has 1 unspecified atom stereocenters. The number of aryl methyl sites for hydroxylation is 1. The molecule has 2 rings (SSSR count). The first-order valence-electron chi connectivity index (χ1n) is 5.86. The number of aromatic nitrogens is 2. The molecular formula is C14H13ClN4. The van der Waals surface area contributed by atoms with Crippen LogP contribution >= 0.6 is 11.6 Å². The topological polar surface area (TPSA) is 61.6 Å². The molecule has 96 valence electrons. The fourth-order valence-corrected chi connectivity index (χ4v) is 1.84. The van der Waals surface area contributed by atoms with Gasteiger partial charge < -0.3 is 5.32 Å². The highest BCUT2D eigenvalue weighted by Gasteiger charge is 2.08. The molecule has 1 N–H and O–H groups in total. The van der Waals surface area contributed by atoms with E-state index in [1.54, 1.807) is 6.07 Å². The Balaban J connectivity index is 2.19. The van der Waals surface area contributed by atoms with E-state index in [1.165, 1.54) is 0 Å². The summed E-state index contributed by atoms with van der Waals surface area (Å²) >= 11 is 5.86.